The van der Waals surface area contributed by atoms with Gasteiger partial charge in [-0.05, 0) is 24.1 Å². The average molecular weight is 119 g/mol. The van der Waals surface area contributed by atoms with Crippen LogP contribution in [0.5, 0.6) is 5.75 Å². The summed E-state index contributed by atoms with van der Waals surface area (Å²) >= 11 is 0. The first-order valence-corrected chi connectivity index (χ1v) is 2.61. The summed E-state index contributed by atoms with van der Waals surface area (Å²) in [5.41, 5.74) is 1.19. The molecule has 1 aromatic heterocycles. The molecule has 44 valence electrons. The van der Waals surface area contributed by atoms with E-state index in [0.717, 1.165) is 5.56 Å². The summed E-state index contributed by atoms with van der Waals surface area (Å²) in [6, 6.07) is 1.62. The first kappa shape index (κ1) is 6.14. The smallest absolute Gasteiger partial charge is 0.141 e. The van der Waals surface area contributed by atoms with Crippen LogP contribution in [0.1, 0.15) is 5.56 Å². The Morgan fingerprint density at radius 3 is 2.78 bits per heavy atom. The van der Waals surface area contributed by atoms with E-state index in [1.165, 1.54) is 6.20 Å². The van der Waals surface area contributed by atoms with Crippen molar-refractivity contribution in [3.05, 3.63) is 17.8 Å². The van der Waals surface area contributed by atoms with Crippen molar-refractivity contribution in [2.75, 3.05) is 0 Å². The Hall–Kier alpha value is -0.985. The summed E-state index contributed by atoms with van der Waals surface area (Å²) in [4.78, 5) is 3.67. The summed E-state index contributed by atoms with van der Waals surface area (Å²) < 4.78 is 0. The minimum Gasteiger partial charge on any atom is -0.506 e. The van der Waals surface area contributed by atoms with E-state index in [1.54, 1.807) is 13.0 Å². The van der Waals surface area contributed by atoms with Gasteiger partial charge in [0.2, 0.25) is 0 Å². The largest absolute Gasteiger partial charge is 0.506 e. The number of rotatable bonds is 0. The monoisotopic (exact) mass is 119 g/mol. The number of aromatic nitrogens is 1. The zero-order valence-corrected chi connectivity index (χ0v) is 5.13. The molecular weight excluding hydrogens is 113 g/mol. The highest BCUT2D eigenvalue weighted by Gasteiger charge is 1.92. The van der Waals surface area contributed by atoms with E-state index >= 15 is 0 Å². The molecule has 0 fully saturated rings. The minimum absolute atomic E-state index is 0.184. The number of hydrogen-bond acceptors (Lipinski definition) is 2. The number of aromatic hydroxyl groups is 1. The molecule has 0 aromatic carbocycles. The molecule has 0 saturated heterocycles. The molecule has 0 aliphatic rings. The van der Waals surface area contributed by atoms with Gasteiger partial charge in [0.1, 0.15) is 13.6 Å². The fraction of sp³-hybridized carbons (Fsp3) is 0.167. The van der Waals surface area contributed by atoms with Gasteiger partial charge in [-0.15, -0.1) is 0 Å². The van der Waals surface area contributed by atoms with Crippen molar-refractivity contribution < 1.29 is 5.11 Å². The van der Waals surface area contributed by atoms with E-state index in [9.17, 15) is 0 Å². The van der Waals surface area contributed by atoms with Crippen LogP contribution in [0, 0.1) is 6.92 Å². The molecule has 1 aromatic rings. The molecule has 1 N–H and O–H groups in total. The number of pyridine rings is 1. The third-order valence-electron chi connectivity index (χ3n) is 1.10. The van der Waals surface area contributed by atoms with Gasteiger partial charge >= 0.3 is 0 Å². The topological polar surface area (TPSA) is 33.1 Å². The SMILES string of the molecule is [B]c1cc(C)c(O)cn1. The molecule has 9 heavy (non-hydrogen) atoms. The Labute approximate surface area is 55.0 Å². The highest BCUT2D eigenvalue weighted by atomic mass is 16.3. The van der Waals surface area contributed by atoms with Gasteiger partial charge in [0.25, 0.3) is 0 Å². The molecule has 0 unspecified atom stereocenters. The van der Waals surface area contributed by atoms with E-state index in [4.69, 9.17) is 13.0 Å². The normalized spacial score (nSPS) is 9.44. The fourth-order valence-corrected chi connectivity index (χ4v) is 0.571. The molecule has 0 saturated carbocycles. The molecule has 0 amide bonds. The first-order chi connectivity index (χ1) is 4.20. The maximum Gasteiger partial charge on any atom is 0.141 e. The van der Waals surface area contributed by atoms with Gasteiger partial charge in [0.15, 0.2) is 0 Å². The second-order valence-corrected chi connectivity index (χ2v) is 1.90. The van der Waals surface area contributed by atoms with Crippen LogP contribution >= 0.6 is 0 Å². The Balaban J connectivity index is 3.17. The van der Waals surface area contributed by atoms with Crippen LogP contribution in [0.15, 0.2) is 12.3 Å². The van der Waals surface area contributed by atoms with Crippen molar-refractivity contribution in [2.45, 2.75) is 6.92 Å². The maximum absolute atomic E-state index is 8.93. The van der Waals surface area contributed by atoms with Gasteiger partial charge in [-0.2, -0.15) is 0 Å². The summed E-state index contributed by atoms with van der Waals surface area (Å²) in [6.45, 7) is 1.77. The molecule has 1 rings (SSSR count). The van der Waals surface area contributed by atoms with Gasteiger partial charge in [0.05, 0.1) is 6.20 Å². The second-order valence-electron chi connectivity index (χ2n) is 1.90. The second kappa shape index (κ2) is 2.09. The summed E-state index contributed by atoms with van der Waals surface area (Å²) in [7, 11) is 5.31. The lowest BCUT2D eigenvalue weighted by molar-refractivity contribution is 0.469. The third-order valence-corrected chi connectivity index (χ3v) is 1.10. The lowest BCUT2D eigenvalue weighted by Crippen LogP contribution is -2.06. The molecular formula is C6H6BNO. The van der Waals surface area contributed by atoms with E-state index in [1.807, 2.05) is 0 Å². The zero-order valence-electron chi connectivity index (χ0n) is 5.13. The highest BCUT2D eigenvalue weighted by Crippen LogP contribution is 2.09. The Kier molecular flexibility index (Phi) is 1.43. The summed E-state index contributed by atoms with van der Waals surface area (Å²) in [5.74, 6) is 0.184. The molecule has 0 spiro atoms. The predicted octanol–water partition coefficient (Wildman–Crippen LogP) is -0.111. The number of aryl methyl sites for hydroxylation is 1. The lowest BCUT2D eigenvalue weighted by Gasteiger charge is -1.96. The minimum atomic E-state index is 0.184. The Morgan fingerprint density at radius 2 is 2.33 bits per heavy atom. The number of nitrogens with zero attached hydrogens (tertiary/aromatic N) is 1. The molecule has 0 aliphatic carbocycles. The zero-order chi connectivity index (χ0) is 6.85. The maximum atomic E-state index is 8.93. The van der Waals surface area contributed by atoms with Crippen molar-refractivity contribution in [2.24, 2.45) is 0 Å². The van der Waals surface area contributed by atoms with Gasteiger partial charge in [-0.1, -0.05) is 0 Å². The van der Waals surface area contributed by atoms with Crippen LogP contribution in [0.25, 0.3) is 0 Å². The van der Waals surface area contributed by atoms with Crippen LogP contribution in [0.4, 0.5) is 0 Å². The standard InChI is InChI=1S/C6H6BNO/c1-4-2-6(7)8-3-5(4)9/h2-3,9H,1H3. The first-order valence-electron chi connectivity index (χ1n) is 2.61. The van der Waals surface area contributed by atoms with Crippen LogP contribution < -0.4 is 5.59 Å². The van der Waals surface area contributed by atoms with Gasteiger partial charge in [-0.25, -0.2) is 0 Å². The molecule has 0 bridgehead atoms. The van der Waals surface area contributed by atoms with E-state index in [2.05, 4.69) is 4.98 Å². The van der Waals surface area contributed by atoms with E-state index in [0.29, 0.717) is 5.59 Å². The Bertz CT molecular complexity index is 224. The fourth-order valence-electron chi connectivity index (χ4n) is 0.571. The quantitative estimate of drug-likeness (QED) is 0.483. The molecule has 0 atom stereocenters. The van der Waals surface area contributed by atoms with Crippen molar-refractivity contribution in [1.29, 1.82) is 0 Å². The average Bonchev–Trinajstić information content (AvgIpc) is 1.80. The molecule has 3 heteroatoms. The molecule has 0 aliphatic heterocycles. The van der Waals surface area contributed by atoms with Crippen LogP contribution in [-0.2, 0) is 0 Å². The van der Waals surface area contributed by atoms with Crippen molar-refractivity contribution in [3.8, 4) is 5.75 Å². The summed E-state index contributed by atoms with van der Waals surface area (Å²) in [6.07, 6.45) is 1.34. The van der Waals surface area contributed by atoms with Gasteiger partial charge in [0, 0.05) is 0 Å². The molecule has 2 nitrogen and oxygen atoms in total. The third kappa shape index (κ3) is 1.22. The molecule has 1 heterocycles. The van der Waals surface area contributed by atoms with Crippen LogP contribution in [-0.4, -0.2) is 17.9 Å². The highest BCUT2D eigenvalue weighted by molar-refractivity contribution is 6.30. The van der Waals surface area contributed by atoms with Gasteiger partial charge in [-0.3, -0.25) is 4.98 Å². The lowest BCUT2D eigenvalue weighted by atomic mass is 10.0. The number of hydrogen-bond donors (Lipinski definition) is 1. The van der Waals surface area contributed by atoms with Crippen LogP contribution in [0.2, 0.25) is 0 Å². The van der Waals surface area contributed by atoms with Gasteiger partial charge < -0.3 is 5.11 Å². The predicted molar refractivity (Wildman–Crippen MR) is 36.0 cm³/mol. The van der Waals surface area contributed by atoms with E-state index < -0.39 is 0 Å². The van der Waals surface area contributed by atoms with Crippen molar-refractivity contribution in [1.82, 2.24) is 4.98 Å². The van der Waals surface area contributed by atoms with Crippen LogP contribution in [0.3, 0.4) is 0 Å². The van der Waals surface area contributed by atoms with Crippen molar-refractivity contribution in [3.63, 3.8) is 0 Å². The summed E-state index contributed by atoms with van der Waals surface area (Å²) in [5, 5.41) is 8.93. The van der Waals surface area contributed by atoms with Crippen molar-refractivity contribution >= 4 is 13.4 Å². The van der Waals surface area contributed by atoms with E-state index in [-0.39, 0.29) is 5.75 Å². The Morgan fingerprint density at radius 1 is 1.67 bits per heavy atom. The molecule has 2 radical (unpaired) electrons.